The van der Waals surface area contributed by atoms with E-state index in [1.807, 2.05) is 0 Å². The highest BCUT2D eigenvalue weighted by Crippen LogP contribution is 2.22. The van der Waals surface area contributed by atoms with E-state index in [2.05, 4.69) is 20.3 Å². The molecule has 0 aromatic carbocycles. The number of carboxylic acid groups (broad SMARTS) is 1. The van der Waals surface area contributed by atoms with E-state index in [0.717, 1.165) is 11.3 Å². The predicted molar refractivity (Wildman–Crippen MR) is 78.5 cm³/mol. The summed E-state index contributed by atoms with van der Waals surface area (Å²) < 4.78 is 4.85. The fourth-order valence-electron chi connectivity index (χ4n) is 1.64. The SMILES string of the molecule is COCC(C)(NC(=O)c1cnc(-c2ncccn2)s1)C(=O)O. The van der Waals surface area contributed by atoms with E-state index >= 15 is 0 Å². The maximum absolute atomic E-state index is 12.2. The van der Waals surface area contributed by atoms with Gasteiger partial charge in [0.05, 0.1) is 12.8 Å². The average Bonchev–Trinajstić information content (AvgIpc) is 2.98. The van der Waals surface area contributed by atoms with Crippen LogP contribution in [0.1, 0.15) is 16.6 Å². The second kappa shape index (κ2) is 6.58. The second-order valence-electron chi connectivity index (χ2n) is 4.63. The van der Waals surface area contributed by atoms with Gasteiger partial charge in [0, 0.05) is 19.5 Å². The van der Waals surface area contributed by atoms with Crippen molar-refractivity contribution in [3.05, 3.63) is 29.5 Å². The van der Waals surface area contributed by atoms with Crippen molar-refractivity contribution in [1.29, 1.82) is 0 Å². The minimum atomic E-state index is -1.51. The number of carboxylic acids is 1. The Balaban J connectivity index is 2.17. The van der Waals surface area contributed by atoms with Crippen LogP contribution in [-0.2, 0) is 9.53 Å². The third kappa shape index (κ3) is 3.43. The number of methoxy groups -OCH3 is 1. The molecule has 1 atom stereocenters. The molecule has 22 heavy (non-hydrogen) atoms. The van der Waals surface area contributed by atoms with Gasteiger partial charge in [0.2, 0.25) is 0 Å². The molecular formula is C13H14N4O4S. The molecule has 1 unspecified atom stereocenters. The third-order valence-electron chi connectivity index (χ3n) is 2.78. The van der Waals surface area contributed by atoms with Crippen LogP contribution in [-0.4, -0.2) is 51.2 Å². The number of ether oxygens (including phenoxy) is 1. The minimum Gasteiger partial charge on any atom is -0.479 e. The van der Waals surface area contributed by atoms with Crippen molar-refractivity contribution in [3.63, 3.8) is 0 Å². The van der Waals surface area contributed by atoms with Crippen molar-refractivity contribution in [2.45, 2.75) is 12.5 Å². The summed E-state index contributed by atoms with van der Waals surface area (Å²) in [5.74, 6) is -1.31. The number of nitrogens with one attached hydrogen (secondary N) is 1. The smallest absolute Gasteiger partial charge is 0.331 e. The zero-order valence-electron chi connectivity index (χ0n) is 11.9. The van der Waals surface area contributed by atoms with E-state index in [1.54, 1.807) is 18.5 Å². The normalized spacial score (nSPS) is 13.4. The monoisotopic (exact) mass is 322 g/mol. The number of hydrogen-bond acceptors (Lipinski definition) is 7. The maximum Gasteiger partial charge on any atom is 0.331 e. The van der Waals surface area contributed by atoms with E-state index in [9.17, 15) is 14.7 Å². The number of aliphatic carboxylic acids is 1. The van der Waals surface area contributed by atoms with E-state index in [4.69, 9.17) is 4.74 Å². The first-order valence-electron chi connectivity index (χ1n) is 6.24. The number of rotatable bonds is 6. The van der Waals surface area contributed by atoms with Crippen LogP contribution in [0, 0.1) is 0 Å². The van der Waals surface area contributed by atoms with Gasteiger partial charge in [0.1, 0.15) is 4.88 Å². The van der Waals surface area contributed by atoms with Gasteiger partial charge >= 0.3 is 5.97 Å². The van der Waals surface area contributed by atoms with Crippen molar-refractivity contribution >= 4 is 23.2 Å². The molecule has 0 aliphatic carbocycles. The Morgan fingerprint density at radius 2 is 2.05 bits per heavy atom. The fraction of sp³-hybridized carbons (Fsp3) is 0.308. The minimum absolute atomic E-state index is 0.151. The van der Waals surface area contributed by atoms with Crippen LogP contribution in [0.25, 0.3) is 10.8 Å². The Hall–Kier alpha value is -2.39. The molecule has 0 aliphatic rings. The summed E-state index contributed by atoms with van der Waals surface area (Å²) in [6, 6.07) is 1.67. The van der Waals surface area contributed by atoms with Crippen molar-refractivity contribution in [3.8, 4) is 10.8 Å². The molecule has 9 heteroatoms. The Kier molecular flexibility index (Phi) is 4.78. The first-order chi connectivity index (χ1) is 10.5. The van der Waals surface area contributed by atoms with E-state index in [-0.39, 0.29) is 11.5 Å². The lowest BCUT2D eigenvalue weighted by Crippen LogP contribution is -2.55. The van der Waals surface area contributed by atoms with Crippen LogP contribution in [0.2, 0.25) is 0 Å². The summed E-state index contributed by atoms with van der Waals surface area (Å²) in [4.78, 5) is 35.9. The van der Waals surface area contributed by atoms with Crippen molar-refractivity contribution in [2.75, 3.05) is 13.7 Å². The van der Waals surface area contributed by atoms with Crippen LogP contribution < -0.4 is 5.32 Å². The zero-order valence-corrected chi connectivity index (χ0v) is 12.8. The van der Waals surface area contributed by atoms with Crippen molar-refractivity contribution in [2.24, 2.45) is 0 Å². The number of carbonyl (C=O) groups excluding carboxylic acids is 1. The highest BCUT2D eigenvalue weighted by Gasteiger charge is 2.35. The lowest BCUT2D eigenvalue weighted by molar-refractivity contribution is -0.145. The zero-order chi connectivity index (χ0) is 16.2. The topological polar surface area (TPSA) is 114 Å². The molecule has 0 bridgehead atoms. The summed E-state index contributed by atoms with van der Waals surface area (Å²) in [5.41, 5.74) is -1.51. The number of amides is 1. The summed E-state index contributed by atoms with van der Waals surface area (Å²) in [7, 11) is 1.37. The van der Waals surface area contributed by atoms with Gasteiger partial charge in [-0.2, -0.15) is 0 Å². The summed E-state index contributed by atoms with van der Waals surface area (Å²) in [5, 5.41) is 12.1. The standard InChI is InChI=1S/C13H14N4O4S/c1-13(7-21-2,12(19)20)17-10(18)8-6-16-11(22-8)9-14-4-3-5-15-9/h3-6H,7H2,1-2H3,(H,17,18)(H,19,20). The molecule has 116 valence electrons. The first kappa shape index (κ1) is 16.0. The second-order valence-corrected chi connectivity index (χ2v) is 5.66. The Labute approximate surface area is 130 Å². The summed E-state index contributed by atoms with van der Waals surface area (Å²) in [6.07, 6.45) is 4.51. The number of carbonyl (C=O) groups is 2. The molecule has 8 nitrogen and oxygen atoms in total. The quantitative estimate of drug-likeness (QED) is 0.809. The van der Waals surface area contributed by atoms with Crippen LogP contribution in [0.5, 0.6) is 0 Å². The largest absolute Gasteiger partial charge is 0.479 e. The molecule has 0 saturated carbocycles. The lowest BCUT2D eigenvalue weighted by Gasteiger charge is -2.24. The Morgan fingerprint density at radius 3 is 2.64 bits per heavy atom. The van der Waals surface area contributed by atoms with Gasteiger partial charge in [0.25, 0.3) is 5.91 Å². The summed E-state index contributed by atoms with van der Waals surface area (Å²) >= 11 is 1.08. The molecular weight excluding hydrogens is 308 g/mol. The molecule has 2 N–H and O–H groups in total. The summed E-state index contributed by atoms with van der Waals surface area (Å²) in [6.45, 7) is 1.22. The van der Waals surface area contributed by atoms with E-state index in [1.165, 1.54) is 20.2 Å². The molecule has 0 fully saturated rings. The Bertz CT molecular complexity index is 676. The molecule has 0 radical (unpaired) electrons. The molecule has 0 aliphatic heterocycles. The van der Waals surface area contributed by atoms with Crippen LogP contribution in [0.15, 0.2) is 24.7 Å². The average molecular weight is 322 g/mol. The molecule has 2 heterocycles. The molecule has 2 aromatic rings. The van der Waals surface area contributed by atoms with Gasteiger partial charge in [-0.05, 0) is 13.0 Å². The van der Waals surface area contributed by atoms with Gasteiger partial charge in [-0.3, -0.25) is 4.79 Å². The number of aromatic nitrogens is 3. The van der Waals surface area contributed by atoms with Crippen LogP contribution >= 0.6 is 11.3 Å². The molecule has 0 spiro atoms. The van der Waals surface area contributed by atoms with E-state index < -0.39 is 17.4 Å². The van der Waals surface area contributed by atoms with Gasteiger partial charge in [-0.1, -0.05) is 0 Å². The van der Waals surface area contributed by atoms with Crippen LogP contribution in [0.4, 0.5) is 0 Å². The molecule has 0 saturated heterocycles. The van der Waals surface area contributed by atoms with Crippen LogP contribution in [0.3, 0.4) is 0 Å². The van der Waals surface area contributed by atoms with Gasteiger partial charge in [0.15, 0.2) is 16.4 Å². The van der Waals surface area contributed by atoms with E-state index in [0.29, 0.717) is 10.8 Å². The third-order valence-corrected chi connectivity index (χ3v) is 3.77. The highest BCUT2D eigenvalue weighted by atomic mass is 32.1. The van der Waals surface area contributed by atoms with Gasteiger partial charge in [-0.25, -0.2) is 19.7 Å². The lowest BCUT2D eigenvalue weighted by atomic mass is 10.0. The molecule has 1 amide bonds. The predicted octanol–water partition coefficient (Wildman–Crippen LogP) is 0.820. The molecule has 2 aromatic heterocycles. The number of hydrogen-bond donors (Lipinski definition) is 2. The Morgan fingerprint density at radius 1 is 1.36 bits per heavy atom. The fourth-order valence-corrected chi connectivity index (χ4v) is 2.40. The van der Waals surface area contributed by atoms with Crippen molar-refractivity contribution in [1.82, 2.24) is 20.3 Å². The number of nitrogens with zero attached hydrogens (tertiary/aromatic N) is 3. The van der Waals surface area contributed by atoms with Gasteiger partial charge in [-0.15, -0.1) is 11.3 Å². The van der Waals surface area contributed by atoms with Crippen molar-refractivity contribution < 1.29 is 19.4 Å². The number of thiazole rings is 1. The first-order valence-corrected chi connectivity index (χ1v) is 7.06. The molecule has 2 rings (SSSR count). The van der Waals surface area contributed by atoms with Gasteiger partial charge < -0.3 is 15.2 Å². The highest BCUT2D eigenvalue weighted by molar-refractivity contribution is 7.16. The maximum atomic E-state index is 12.2.